The highest BCUT2D eigenvalue weighted by atomic mass is 15.1. The summed E-state index contributed by atoms with van der Waals surface area (Å²) in [6, 6.07) is 25.6. The van der Waals surface area contributed by atoms with Gasteiger partial charge in [-0.2, -0.15) is 0 Å². The van der Waals surface area contributed by atoms with Crippen LogP contribution in [-0.2, 0) is 0 Å². The van der Waals surface area contributed by atoms with Gasteiger partial charge in [0.25, 0.3) is 0 Å². The van der Waals surface area contributed by atoms with Crippen LogP contribution in [0.3, 0.4) is 0 Å². The van der Waals surface area contributed by atoms with Crippen molar-refractivity contribution < 1.29 is 0 Å². The second-order valence-corrected chi connectivity index (χ2v) is 5.13. The Labute approximate surface area is 124 Å². The number of hydrogen-bond acceptors (Lipinski definition) is 1. The lowest BCUT2D eigenvalue weighted by atomic mass is 9.95. The molecule has 0 bridgehead atoms. The summed E-state index contributed by atoms with van der Waals surface area (Å²) in [5.74, 6) is 0. The third-order valence-corrected chi connectivity index (χ3v) is 4.02. The Kier molecular flexibility index (Phi) is 2.65. The Balaban J connectivity index is 2.18. The van der Waals surface area contributed by atoms with Gasteiger partial charge in [0.2, 0.25) is 0 Å². The third-order valence-electron chi connectivity index (χ3n) is 4.02. The number of para-hydroxylation sites is 2. The molecule has 0 aliphatic carbocycles. The highest BCUT2D eigenvalue weighted by Gasteiger charge is 2.22. The zero-order valence-electron chi connectivity index (χ0n) is 11.7. The van der Waals surface area contributed by atoms with E-state index in [1.165, 1.54) is 33.6 Å². The lowest BCUT2D eigenvalue weighted by Crippen LogP contribution is -2.08. The fourth-order valence-corrected chi connectivity index (χ4v) is 3.10. The predicted molar refractivity (Wildman–Crippen MR) is 89.7 cm³/mol. The molecular weight excluding hydrogens is 254 g/mol. The van der Waals surface area contributed by atoms with Crippen LogP contribution in [0.15, 0.2) is 85.6 Å². The van der Waals surface area contributed by atoms with E-state index in [2.05, 4.69) is 84.3 Å². The Morgan fingerprint density at radius 3 is 1.38 bits per heavy atom. The molecule has 0 aromatic heterocycles. The SMILES string of the molecule is C=CN1c2ccccc2-c2ccccc2-c2ccccc21. The number of benzene rings is 3. The highest BCUT2D eigenvalue weighted by molar-refractivity contribution is 5.99. The molecule has 0 amide bonds. The molecule has 4 rings (SSSR count). The summed E-state index contributed by atoms with van der Waals surface area (Å²) in [6.07, 6.45) is 1.89. The molecule has 0 fully saturated rings. The lowest BCUT2D eigenvalue weighted by Gasteiger charge is -2.22. The van der Waals surface area contributed by atoms with Gasteiger partial charge >= 0.3 is 0 Å². The van der Waals surface area contributed by atoms with E-state index in [-0.39, 0.29) is 0 Å². The van der Waals surface area contributed by atoms with E-state index in [0.29, 0.717) is 0 Å². The van der Waals surface area contributed by atoms with Crippen molar-refractivity contribution in [3.8, 4) is 22.3 Å². The van der Waals surface area contributed by atoms with Crippen molar-refractivity contribution in [3.05, 3.63) is 85.6 Å². The summed E-state index contributed by atoms with van der Waals surface area (Å²) in [5, 5.41) is 0. The van der Waals surface area contributed by atoms with Crippen LogP contribution in [0.5, 0.6) is 0 Å². The van der Waals surface area contributed by atoms with Gasteiger partial charge in [0, 0.05) is 17.3 Å². The van der Waals surface area contributed by atoms with Crippen LogP contribution in [-0.4, -0.2) is 0 Å². The fraction of sp³-hybridized carbons (Fsp3) is 0. The molecule has 0 spiro atoms. The van der Waals surface area contributed by atoms with Crippen molar-refractivity contribution >= 4 is 11.4 Å². The molecule has 1 heteroatoms. The van der Waals surface area contributed by atoms with Crippen molar-refractivity contribution in [2.45, 2.75) is 0 Å². The largest absolute Gasteiger partial charge is 0.317 e. The van der Waals surface area contributed by atoms with Crippen molar-refractivity contribution in [2.75, 3.05) is 4.90 Å². The van der Waals surface area contributed by atoms with Gasteiger partial charge in [-0.3, -0.25) is 0 Å². The van der Waals surface area contributed by atoms with Crippen LogP contribution in [0.25, 0.3) is 22.3 Å². The lowest BCUT2D eigenvalue weighted by molar-refractivity contribution is 1.30. The molecule has 1 heterocycles. The predicted octanol–water partition coefficient (Wildman–Crippen LogP) is 5.62. The smallest absolute Gasteiger partial charge is 0.0534 e. The van der Waals surface area contributed by atoms with Crippen LogP contribution in [0, 0.1) is 0 Å². The van der Waals surface area contributed by atoms with Gasteiger partial charge in [-0.15, -0.1) is 0 Å². The average molecular weight is 269 g/mol. The molecule has 0 unspecified atom stereocenters. The Bertz CT molecular complexity index is 766. The van der Waals surface area contributed by atoms with Crippen LogP contribution >= 0.6 is 0 Å². The zero-order chi connectivity index (χ0) is 14.2. The van der Waals surface area contributed by atoms with Gasteiger partial charge < -0.3 is 4.90 Å². The van der Waals surface area contributed by atoms with Gasteiger partial charge in [-0.05, 0) is 23.3 Å². The minimum absolute atomic E-state index is 1.17. The van der Waals surface area contributed by atoms with Crippen LogP contribution in [0.4, 0.5) is 11.4 Å². The molecule has 0 saturated carbocycles. The molecule has 0 N–H and O–H groups in total. The minimum atomic E-state index is 1.17. The Hall–Kier alpha value is -2.80. The van der Waals surface area contributed by atoms with Gasteiger partial charge in [0.05, 0.1) is 11.4 Å². The molecule has 1 nitrogen and oxygen atoms in total. The standard InChI is InChI=1S/C20H15N/c1-2-21-19-13-7-5-11-17(19)15-9-3-4-10-16(15)18-12-6-8-14-20(18)21/h2-14H,1H2. The van der Waals surface area contributed by atoms with E-state index in [0.717, 1.165) is 0 Å². The molecular formula is C20H15N. The molecule has 100 valence electrons. The van der Waals surface area contributed by atoms with E-state index in [1.807, 2.05) is 6.20 Å². The van der Waals surface area contributed by atoms with E-state index in [4.69, 9.17) is 0 Å². The minimum Gasteiger partial charge on any atom is -0.317 e. The zero-order valence-corrected chi connectivity index (χ0v) is 11.7. The van der Waals surface area contributed by atoms with Crippen molar-refractivity contribution in [1.82, 2.24) is 0 Å². The molecule has 1 aliphatic heterocycles. The molecule has 0 atom stereocenters. The van der Waals surface area contributed by atoms with Crippen LogP contribution in [0.2, 0.25) is 0 Å². The van der Waals surface area contributed by atoms with Gasteiger partial charge in [0.1, 0.15) is 0 Å². The number of fused-ring (bicyclic) bond motifs is 5. The van der Waals surface area contributed by atoms with Gasteiger partial charge in [0.15, 0.2) is 0 Å². The van der Waals surface area contributed by atoms with Gasteiger partial charge in [-0.25, -0.2) is 0 Å². The highest BCUT2D eigenvalue weighted by Crippen LogP contribution is 2.47. The normalized spacial score (nSPS) is 11.9. The second-order valence-electron chi connectivity index (χ2n) is 5.13. The van der Waals surface area contributed by atoms with E-state index < -0.39 is 0 Å². The molecule has 0 saturated heterocycles. The molecule has 0 radical (unpaired) electrons. The van der Waals surface area contributed by atoms with E-state index in [9.17, 15) is 0 Å². The van der Waals surface area contributed by atoms with Crippen molar-refractivity contribution in [1.29, 1.82) is 0 Å². The molecule has 3 aromatic carbocycles. The molecule has 1 aliphatic rings. The summed E-state index contributed by atoms with van der Waals surface area (Å²) in [4.78, 5) is 2.17. The number of anilines is 2. The maximum atomic E-state index is 4.01. The maximum Gasteiger partial charge on any atom is 0.0534 e. The number of hydrogen-bond donors (Lipinski definition) is 0. The summed E-state index contributed by atoms with van der Waals surface area (Å²) < 4.78 is 0. The first-order valence-corrected chi connectivity index (χ1v) is 7.10. The number of nitrogens with zero attached hydrogens (tertiary/aromatic N) is 1. The number of rotatable bonds is 1. The Morgan fingerprint density at radius 2 is 0.952 bits per heavy atom. The average Bonchev–Trinajstić information content (AvgIpc) is 2.68. The molecule has 3 aromatic rings. The van der Waals surface area contributed by atoms with Crippen LogP contribution < -0.4 is 4.90 Å². The van der Waals surface area contributed by atoms with Crippen LogP contribution in [0.1, 0.15) is 0 Å². The first-order chi connectivity index (χ1) is 10.4. The molecule has 21 heavy (non-hydrogen) atoms. The first-order valence-electron chi connectivity index (χ1n) is 7.10. The maximum absolute atomic E-state index is 4.01. The summed E-state index contributed by atoms with van der Waals surface area (Å²) in [7, 11) is 0. The third kappa shape index (κ3) is 1.71. The Morgan fingerprint density at radius 1 is 0.571 bits per heavy atom. The summed E-state index contributed by atoms with van der Waals surface area (Å²) >= 11 is 0. The van der Waals surface area contributed by atoms with Crippen molar-refractivity contribution in [2.24, 2.45) is 0 Å². The van der Waals surface area contributed by atoms with E-state index in [1.54, 1.807) is 0 Å². The monoisotopic (exact) mass is 269 g/mol. The topological polar surface area (TPSA) is 3.24 Å². The van der Waals surface area contributed by atoms with Crippen molar-refractivity contribution in [3.63, 3.8) is 0 Å². The summed E-state index contributed by atoms with van der Waals surface area (Å²) in [6.45, 7) is 4.01. The quantitative estimate of drug-likeness (QED) is 0.554. The fourth-order valence-electron chi connectivity index (χ4n) is 3.10. The van der Waals surface area contributed by atoms with Gasteiger partial charge in [-0.1, -0.05) is 67.2 Å². The van der Waals surface area contributed by atoms with E-state index >= 15 is 0 Å². The summed E-state index contributed by atoms with van der Waals surface area (Å²) in [5.41, 5.74) is 7.36. The second kappa shape index (κ2) is 4.64. The first kappa shape index (κ1) is 12.0.